The van der Waals surface area contributed by atoms with E-state index in [9.17, 15) is 13.2 Å². The molecule has 1 aromatic carbocycles. The van der Waals surface area contributed by atoms with Crippen LogP contribution in [0.3, 0.4) is 0 Å². The van der Waals surface area contributed by atoms with Crippen molar-refractivity contribution in [2.75, 3.05) is 0 Å². The van der Waals surface area contributed by atoms with Crippen LogP contribution in [0.5, 0.6) is 0 Å². The number of hydrogen-bond acceptors (Lipinski definition) is 1. The highest BCUT2D eigenvalue weighted by atomic mass is 19.4. The number of rotatable bonds is 2. The summed E-state index contributed by atoms with van der Waals surface area (Å²) in [4.78, 5) is 2.95. The van der Waals surface area contributed by atoms with E-state index >= 15 is 0 Å². The average molecular weight is 228 g/mol. The minimum atomic E-state index is -4.35. The molecule has 0 fully saturated rings. The molecular weight excluding hydrogens is 217 g/mol. The van der Waals surface area contributed by atoms with Gasteiger partial charge < -0.3 is 10.7 Å². The summed E-state index contributed by atoms with van der Waals surface area (Å²) in [6.45, 7) is 0. The van der Waals surface area contributed by atoms with Gasteiger partial charge >= 0.3 is 6.18 Å². The van der Waals surface area contributed by atoms with Crippen molar-refractivity contribution in [1.29, 1.82) is 0 Å². The second-order valence-corrected chi connectivity index (χ2v) is 3.71. The topological polar surface area (TPSA) is 41.8 Å². The Hall–Kier alpha value is -1.49. The van der Waals surface area contributed by atoms with Crippen molar-refractivity contribution in [3.63, 3.8) is 0 Å². The van der Waals surface area contributed by atoms with E-state index in [4.69, 9.17) is 5.73 Å². The summed E-state index contributed by atoms with van der Waals surface area (Å²) in [7, 11) is 0. The van der Waals surface area contributed by atoms with Gasteiger partial charge in [-0.25, -0.2) is 0 Å². The van der Waals surface area contributed by atoms with E-state index < -0.39 is 12.2 Å². The number of halogens is 3. The van der Waals surface area contributed by atoms with Crippen LogP contribution in [-0.4, -0.2) is 17.2 Å². The molecule has 0 aliphatic heterocycles. The van der Waals surface area contributed by atoms with Gasteiger partial charge in [-0.2, -0.15) is 13.2 Å². The van der Waals surface area contributed by atoms with E-state index in [-0.39, 0.29) is 6.42 Å². The Kier molecular flexibility index (Phi) is 2.63. The third kappa shape index (κ3) is 2.04. The molecule has 0 bridgehead atoms. The molecule has 1 atom stereocenters. The molecule has 2 nitrogen and oxygen atoms in total. The molecule has 3 N–H and O–H groups in total. The Labute approximate surface area is 90.3 Å². The number of aromatic amines is 1. The molecule has 1 heterocycles. The van der Waals surface area contributed by atoms with E-state index in [0.717, 1.165) is 10.9 Å². The van der Waals surface area contributed by atoms with Gasteiger partial charge in [0.1, 0.15) is 6.04 Å². The molecule has 2 rings (SSSR count). The molecule has 1 aromatic heterocycles. The van der Waals surface area contributed by atoms with Crippen molar-refractivity contribution in [3.05, 3.63) is 36.0 Å². The van der Waals surface area contributed by atoms with Crippen LogP contribution in [-0.2, 0) is 6.42 Å². The average Bonchev–Trinajstić information content (AvgIpc) is 2.65. The van der Waals surface area contributed by atoms with Crippen LogP contribution >= 0.6 is 0 Å². The van der Waals surface area contributed by atoms with Gasteiger partial charge in [-0.05, 0) is 24.1 Å². The van der Waals surface area contributed by atoms with E-state index in [2.05, 4.69) is 4.98 Å². The van der Waals surface area contributed by atoms with Crippen molar-refractivity contribution in [2.45, 2.75) is 18.6 Å². The van der Waals surface area contributed by atoms with Gasteiger partial charge in [-0.15, -0.1) is 0 Å². The van der Waals surface area contributed by atoms with Crippen molar-refractivity contribution in [1.82, 2.24) is 4.98 Å². The highest BCUT2D eigenvalue weighted by Gasteiger charge is 2.36. The third-order valence-corrected chi connectivity index (χ3v) is 2.55. The molecule has 16 heavy (non-hydrogen) atoms. The van der Waals surface area contributed by atoms with Crippen molar-refractivity contribution >= 4 is 10.9 Å². The molecule has 0 radical (unpaired) electrons. The van der Waals surface area contributed by atoms with Gasteiger partial charge in [0.05, 0.1) is 0 Å². The molecule has 2 aromatic rings. The van der Waals surface area contributed by atoms with E-state index in [1.54, 1.807) is 24.4 Å². The van der Waals surface area contributed by atoms with Gasteiger partial charge in [-0.1, -0.05) is 12.1 Å². The molecule has 1 unspecified atom stereocenters. The van der Waals surface area contributed by atoms with E-state index in [1.807, 2.05) is 6.07 Å². The fraction of sp³-hybridized carbons (Fsp3) is 0.273. The Bertz CT molecular complexity index is 487. The number of fused-ring (bicyclic) bond motifs is 1. The molecule has 0 amide bonds. The van der Waals surface area contributed by atoms with Gasteiger partial charge in [0, 0.05) is 17.1 Å². The number of nitrogens with one attached hydrogen (secondary N) is 1. The van der Waals surface area contributed by atoms with E-state index in [0.29, 0.717) is 5.56 Å². The first-order chi connectivity index (χ1) is 7.48. The number of aromatic nitrogens is 1. The number of alkyl halides is 3. The van der Waals surface area contributed by atoms with Crippen LogP contribution in [0.25, 0.3) is 10.9 Å². The summed E-state index contributed by atoms with van der Waals surface area (Å²) >= 11 is 0. The highest BCUT2D eigenvalue weighted by molar-refractivity contribution is 5.82. The summed E-state index contributed by atoms with van der Waals surface area (Å²) in [6.07, 6.45) is -2.84. The summed E-state index contributed by atoms with van der Waals surface area (Å²) < 4.78 is 37.0. The minimum Gasteiger partial charge on any atom is -0.361 e. The van der Waals surface area contributed by atoms with Crippen molar-refractivity contribution in [3.8, 4) is 0 Å². The summed E-state index contributed by atoms with van der Waals surface area (Å²) in [6, 6.07) is 5.15. The number of nitrogens with two attached hydrogens (primary N) is 1. The Morgan fingerprint density at radius 1 is 1.25 bits per heavy atom. The van der Waals surface area contributed by atoms with Crippen LogP contribution < -0.4 is 5.73 Å². The molecule has 5 heteroatoms. The molecule has 0 aliphatic carbocycles. The largest absolute Gasteiger partial charge is 0.403 e. The predicted octanol–water partition coefficient (Wildman–Crippen LogP) is 2.60. The second-order valence-electron chi connectivity index (χ2n) is 3.71. The van der Waals surface area contributed by atoms with Gasteiger partial charge in [-0.3, -0.25) is 0 Å². The third-order valence-electron chi connectivity index (χ3n) is 2.55. The van der Waals surface area contributed by atoms with Crippen LogP contribution in [0.2, 0.25) is 0 Å². The molecule has 86 valence electrons. The van der Waals surface area contributed by atoms with Crippen molar-refractivity contribution in [2.24, 2.45) is 5.73 Å². The lowest BCUT2D eigenvalue weighted by molar-refractivity contribution is -0.147. The summed E-state index contributed by atoms with van der Waals surface area (Å²) in [5.41, 5.74) is 6.55. The first kappa shape index (κ1) is 11.0. The first-order valence-electron chi connectivity index (χ1n) is 4.86. The highest BCUT2D eigenvalue weighted by Crippen LogP contribution is 2.24. The van der Waals surface area contributed by atoms with Crippen LogP contribution in [0.1, 0.15) is 5.56 Å². The Morgan fingerprint density at radius 3 is 2.69 bits per heavy atom. The zero-order valence-corrected chi connectivity index (χ0v) is 8.38. The molecule has 0 saturated heterocycles. The zero-order chi connectivity index (χ0) is 11.8. The SMILES string of the molecule is NC(Cc1cccc2[nH]ccc12)C(F)(F)F. The van der Waals surface area contributed by atoms with E-state index in [1.165, 1.54) is 0 Å². The molecule has 0 saturated carbocycles. The number of hydrogen-bond donors (Lipinski definition) is 2. The van der Waals surface area contributed by atoms with Crippen LogP contribution in [0.15, 0.2) is 30.5 Å². The maximum atomic E-state index is 12.3. The Balaban J connectivity index is 2.31. The lowest BCUT2D eigenvalue weighted by Crippen LogP contribution is -2.39. The van der Waals surface area contributed by atoms with Crippen LogP contribution in [0.4, 0.5) is 13.2 Å². The standard InChI is InChI=1S/C11H11F3N2/c12-11(13,14)10(15)6-7-2-1-3-9-8(7)4-5-16-9/h1-5,10,16H,6,15H2. The lowest BCUT2D eigenvalue weighted by Gasteiger charge is -2.15. The normalized spacial score (nSPS) is 14.2. The maximum absolute atomic E-state index is 12.3. The minimum absolute atomic E-state index is 0.196. The fourth-order valence-corrected chi connectivity index (χ4v) is 1.68. The summed E-state index contributed by atoms with van der Waals surface area (Å²) in [5.74, 6) is 0. The van der Waals surface area contributed by atoms with Crippen molar-refractivity contribution < 1.29 is 13.2 Å². The smallest absolute Gasteiger partial charge is 0.361 e. The van der Waals surface area contributed by atoms with Gasteiger partial charge in [0.25, 0.3) is 0 Å². The fourth-order valence-electron chi connectivity index (χ4n) is 1.68. The van der Waals surface area contributed by atoms with Gasteiger partial charge in [0.15, 0.2) is 0 Å². The quantitative estimate of drug-likeness (QED) is 0.815. The lowest BCUT2D eigenvalue weighted by atomic mass is 10.0. The summed E-state index contributed by atoms with van der Waals surface area (Å²) in [5, 5.41) is 0.794. The molecular formula is C11H11F3N2. The predicted molar refractivity (Wildman–Crippen MR) is 56.0 cm³/mol. The molecule has 0 aliphatic rings. The zero-order valence-electron chi connectivity index (χ0n) is 8.38. The van der Waals surface area contributed by atoms with Crippen LogP contribution in [0, 0.1) is 0 Å². The van der Waals surface area contributed by atoms with Gasteiger partial charge in [0.2, 0.25) is 0 Å². The second kappa shape index (κ2) is 3.83. The first-order valence-corrected chi connectivity index (χ1v) is 4.86. The Morgan fingerprint density at radius 2 is 2.00 bits per heavy atom. The molecule has 0 spiro atoms. The number of H-pyrrole nitrogens is 1. The monoisotopic (exact) mass is 228 g/mol. The maximum Gasteiger partial charge on any atom is 0.403 e. The number of benzene rings is 1.